The first kappa shape index (κ1) is 17.6. The van der Waals surface area contributed by atoms with Gasteiger partial charge < -0.3 is 4.90 Å². The van der Waals surface area contributed by atoms with Gasteiger partial charge in [0.25, 0.3) is 11.5 Å². The summed E-state index contributed by atoms with van der Waals surface area (Å²) in [6, 6.07) is 10.9. The molecule has 1 aromatic carbocycles. The number of nitrogens with zero attached hydrogens (tertiary/aromatic N) is 3. The van der Waals surface area contributed by atoms with Crippen molar-refractivity contribution in [3.8, 4) is 11.3 Å². The van der Waals surface area contributed by atoms with E-state index in [1.807, 2.05) is 16.8 Å². The molecule has 7 heteroatoms. The monoisotopic (exact) mass is 383 g/mol. The highest BCUT2D eigenvalue weighted by Crippen LogP contribution is 2.24. The SMILES string of the molecule is O=C(c1cccc(F)c1)N1CCC(n2nc(-c3ccsc3)ccc2=O)CC1. The lowest BCUT2D eigenvalue weighted by atomic mass is 10.0. The Morgan fingerprint density at radius 1 is 1.15 bits per heavy atom. The topological polar surface area (TPSA) is 55.2 Å². The Kier molecular flexibility index (Phi) is 4.85. The van der Waals surface area contributed by atoms with Crippen molar-refractivity contribution < 1.29 is 9.18 Å². The molecule has 1 saturated heterocycles. The lowest BCUT2D eigenvalue weighted by Gasteiger charge is -2.32. The molecule has 0 unspecified atom stereocenters. The number of rotatable bonds is 3. The highest BCUT2D eigenvalue weighted by molar-refractivity contribution is 7.08. The number of carbonyl (C=O) groups is 1. The highest BCUT2D eigenvalue weighted by Gasteiger charge is 2.26. The number of hydrogen-bond donors (Lipinski definition) is 0. The Balaban J connectivity index is 1.49. The maximum atomic E-state index is 13.4. The first-order valence-electron chi connectivity index (χ1n) is 8.79. The van der Waals surface area contributed by atoms with E-state index < -0.39 is 5.82 Å². The standard InChI is InChI=1S/C20H18FN3O2S/c21-16-3-1-2-14(12-16)20(26)23-9-6-17(7-10-23)24-19(25)5-4-18(22-24)15-8-11-27-13-15/h1-5,8,11-13,17H,6-7,9-10H2. The van der Waals surface area contributed by atoms with Gasteiger partial charge in [-0.2, -0.15) is 16.4 Å². The Labute approximate surface area is 159 Å². The number of carbonyl (C=O) groups excluding carboxylic acids is 1. The predicted octanol–water partition coefficient (Wildman–Crippen LogP) is 3.59. The van der Waals surface area contributed by atoms with Crippen molar-refractivity contribution in [3.63, 3.8) is 0 Å². The van der Waals surface area contributed by atoms with Crippen LogP contribution in [0.4, 0.5) is 4.39 Å². The van der Waals surface area contributed by atoms with E-state index in [1.165, 1.54) is 22.9 Å². The zero-order valence-corrected chi connectivity index (χ0v) is 15.4. The summed E-state index contributed by atoms with van der Waals surface area (Å²) in [6.07, 6.45) is 1.28. The third-order valence-electron chi connectivity index (χ3n) is 4.81. The molecule has 1 fully saturated rings. The van der Waals surface area contributed by atoms with Crippen molar-refractivity contribution in [3.05, 3.63) is 75.0 Å². The van der Waals surface area contributed by atoms with Gasteiger partial charge in [0.1, 0.15) is 5.82 Å². The molecule has 2 aromatic heterocycles. The van der Waals surface area contributed by atoms with E-state index >= 15 is 0 Å². The minimum atomic E-state index is -0.420. The van der Waals surface area contributed by atoms with Crippen LogP contribution in [0.15, 0.2) is 58.0 Å². The molecule has 0 bridgehead atoms. The maximum absolute atomic E-state index is 13.4. The quantitative estimate of drug-likeness (QED) is 0.695. The van der Waals surface area contributed by atoms with Crippen LogP contribution in [0.5, 0.6) is 0 Å². The molecule has 0 N–H and O–H groups in total. The Morgan fingerprint density at radius 2 is 1.96 bits per heavy atom. The average molecular weight is 383 g/mol. The third kappa shape index (κ3) is 3.68. The van der Waals surface area contributed by atoms with Crippen molar-refractivity contribution in [2.75, 3.05) is 13.1 Å². The van der Waals surface area contributed by atoms with Crippen LogP contribution in [-0.2, 0) is 0 Å². The van der Waals surface area contributed by atoms with Gasteiger partial charge in [-0.25, -0.2) is 9.07 Å². The van der Waals surface area contributed by atoms with Crippen LogP contribution in [0.1, 0.15) is 29.2 Å². The van der Waals surface area contributed by atoms with E-state index in [4.69, 9.17) is 0 Å². The third-order valence-corrected chi connectivity index (χ3v) is 5.49. The molecule has 0 radical (unpaired) electrons. The van der Waals surface area contributed by atoms with E-state index in [1.54, 1.807) is 34.4 Å². The first-order chi connectivity index (χ1) is 13.1. The molecular weight excluding hydrogens is 365 g/mol. The van der Waals surface area contributed by atoms with Gasteiger partial charge in [-0.05, 0) is 48.6 Å². The normalized spacial score (nSPS) is 15.1. The van der Waals surface area contributed by atoms with E-state index in [9.17, 15) is 14.0 Å². The molecular formula is C20H18FN3O2S. The van der Waals surface area contributed by atoms with Gasteiger partial charge >= 0.3 is 0 Å². The van der Waals surface area contributed by atoms with E-state index in [0.717, 1.165) is 11.3 Å². The van der Waals surface area contributed by atoms with Gasteiger partial charge in [-0.3, -0.25) is 9.59 Å². The Hall–Kier alpha value is -2.80. The molecule has 1 aliphatic heterocycles. The van der Waals surface area contributed by atoms with Crippen LogP contribution in [0.2, 0.25) is 0 Å². The highest BCUT2D eigenvalue weighted by atomic mass is 32.1. The smallest absolute Gasteiger partial charge is 0.267 e. The van der Waals surface area contributed by atoms with Crippen LogP contribution in [-0.4, -0.2) is 33.7 Å². The van der Waals surface area contributed by atoms with Gasteiger partial charge in [0, 0.05) is 35.7 Å². The predicted molar refractivity (Wildman–Crippen MR) is 102 cm³/mol. The minimum absolute atomic E-state index is 0.0485. The first-order valence-corrected chi connectivity index (χ1v) is 9.73. The summed E-state index contributed by atoms with van der Waals surface area (Å²) >= 11 is 1.58. The molecule has 3 heterocycles. The summed E-state index contributed by atoms with van der Waals surface area (Å²) < 4.78 is 14.9. The second-order valence-electron chi connectivity index (χ2n) is 6.55. The number of aromatic nitrogens is 2. The summed E-state index contributed by atoms with van der Waals surface area (Å²) in [5, 5.41) is 8.51. The van der Waals surface area contributed by atoms with Crippen molar-refractivity contribution in [2.45, 2.75) is 18.9 Å². The van der Waals surface area contributed by atoms with Gasteiger partial charge in [-0.1, -0.05) is 6.07 Å². The van der Waals surface area contributed by atoms with Crippen molar-refractivity contribution in [1.82, 2.24) is 14.7 Å². The molecule has 0 aliphatic carbocycles. The van der Waals surface area contributed by atoms with Crippen molar-refractivity contribution in [1.29, 1.82) is 0 Å². The molecule has 4 rings (SSSR count). The minimum Gasteiger partial charge on any atom is -0.338 e. The fraction of sp³-hybridized carbons (Fsp3) is 0.250. The zero-order chi connectivity index (χ0) is 18.8. The molecule has 138 valence electrons. The lowest BCUT2D eigenvalue weighted by Crippen LogP contribution is -2.41. The zero-order valence-electron chi connectivity index (χ0n) is 14.5. The molecule has 5 nitrogen and oxygen atoms in total. The lowest BCUT2D eigenvalue weighted by molar-refractivity contribution is 0.0687. The number of piperidine rings is 1. The Morgan fingerprint density at radius 3 is 2.67 bits per heavy atom. The summed E-state index contributed by atoms with van der Waals surface area (Å²) in [4.78, 5) is 26.6. The number of benzene rings is 1. The van der Waals surface area contributed by atoms with E-state index in [-0.39, 0.29) is 17.5 Å². The number of likely N-dealkylation sites (tertiary alicyclic amines) is 1. The number of thiophene rings is 1. The van der Waals surface area contributed by atoms with Gasteiger partial charge in [0.2, 0.25) is 0 Å². The van der Waals surface area contributed by atoms with Gasteiger partial charge in [0.15, 0.2) is 0 Å². The Bertz CT molecular complexity index is 1010. The molecule has 3 aromatic rings. The summed E-state index contributed by atoms with van der Waals surface area (Å²) in [5.74, 6) is -0.600. The molecule has 1 aliphatic rings. The molecule has 27 heavy (non-hydrogen) atoms. The average Bonchev–Trinajstić information content (AvgIpc) is 3.23. The van der Waals surface area contributed by atoms with Gasteiger partial charge in [0.05, 0.1) is 11.7 Å². The molecule has 0 spiro atoms. The van der Waals surface area contributed by atoms with Crippen LogP contribution >= 0.6 is 11.3 Å². The summed E-state index contributed by atoms with van der Waals surface area (Å²) in [7, 11) is 0. The van der Waals surface area contributed by atoms with Crippen molar-refractivity contribution >= 4 is 17.2 Å². The van der Waals surface area contributed by atoms with Crippen LogP contribution in [0, 0.1) is 5.82 Å². The molecule has 1 amide bonds. The van der Waals surface area contributed by atoms with Crippen LogP contribution in [0.25, 0.3) is 11.3 Å². The van der Waals surface area contributed by atoms with Crippen LogP contribution in [0.3, 0.4) is 0 Å². The molecule has 0 saturated carbocycles. The van der Waals surface area contributed by atoms with E-state index in [2.05, 4.69) is 5.10 Å². The van der Waals surface area contributed by atoms with E-state index in [0.29, 0.717) is 31.5 Å². The second-order valence-corrected chi connectivity index (χ2v) is 7.33. The fourth-order valence-electron chi connectivity index (χ4n) is 3.37. The number of halogens is 1. The largest absolute Gasteiger partial charge is 0.338 e. The second kappa shape index (κ2) is 7.44. The van der Waals surface area contributed by atoms with Crippen molar-refractivity contribution in [2.24, 2.45) is 0 Å². The maximum Gasteiger partial charge on any atom is 0.267 e. The van der Waals surface area contributed by atoms with Crippen LogP contribution < -0.4 is 5.56 Å². The summed E-state index contributed by atoms with van der Waals surface area (Å²) in [6.45, 7) is 1.02. The fourth-order valence-corrected chi connectivity index (χ4v) is 4.02. The molecule has 0 atom stereocenters. The van der Waals surface area contributed by atoms with Gasteiger partial charge in [-0.15, -0.1) is 0 Å². The number of amides is 1. The summed E-state index contributed by atoms with van der Waals surface area (Å²) in [5.41, 5.74) is 1.98. The number of hydrogen-bond acceptors (Lipinski definition) is 4.